The Hall–Kier alpha value is -2.40. The molecule has 1 amide bonds. The Labute approximate surface area is 139 Å². The van der Waals surface area contributed by atoms with Gasteiger partial charge in [-0.1, -0.05) is 18.2 Å². The fourth-order valence-electron chi connectivity index (χ4n) is 2.33. The predicted molar refractivity (Wildman–Crippen MR) is 94.3 cm³/mol. The molecule has 3 rings (SSSR count). The number of thioether (sulfide) groups is 1. The molecule has 0 aliphatic carbocycles. The summed E-state index contributed by atoms with van der Waals surface area (Å²) in [4.78, 5) is 16.5. The van der Waals surface area contributed by atoms with Crippen LogP contribution in [0.1, 0.15) is 10.4 Å². The highest BCUT2D eigenvalue weighted by atomic mass is 32.2. The molecule has 3 aromatic rings. The predicted octanol–water partition coefficient (Wildman–Crippen LogP) is 3.70. The molecule has 0 fully saturated rings. The summed E-state index contributed by atoms with van der Waals surface area (Å²) in [6.07, 6.45) is 2.01. The minimum absolute atomic E-state index is 0.0628. The van der Waals surface area contributed by atoms with E-state index in [4.69, 9.17) is 4.74 Å². The van der Waals surface area contributed by atoms with Crippen molar-refractivity contribution in [2.45, 2.75) is 4.90 Å². The fraction of sp³-hybridized carbons (Fsp3) is 0.167. The molecule has 5 heteroatoms. The molecule has 0 saturated carbocycles. The van der Waals surface area contributed by atoms with E-state index in [0.717, 1.165) is 17.0 Å². The van der Waals surface area contributed by atoms with Crippen LogP contribution in [0, 0.1) is 0 Å². The third-order valence-corrected chi connectivity index (χ3v) is 4.61. The second-order valence-corrected chi connectivity index (χ2v) is 6.17. The number of hydrogen-bond acceptors (Lipinski definition) is 3. The summed E-state index contributed by atoms with van der Waals surface area (Å²) in [6.45, 7) is 0.620. The van der Waals surface area contributed by atoms with Crippen molar-refractivity contribution in [2.75, 3.05) is 19.4 Å². The van der Waals surface area contributed by atoms with E-state index in [1.165, 1.54) is 10.3 Å². The quantitative estimate of drug-likeness (QED) is 0.536. The van der Waals surface area contributed by atoms with Crippen molar-refractivity contribution in [1.29, 1.82) is 0 Å². The van der Waals surface area contributed by atoms with Gasteiger partial charge in [0.15, 0.2) is 0 Å². The first kappa shape index (κ1) is 15.5. The maximum atomic E-state index is 12.1. The largest absolute Gasteiger partial charge is 0.497 e. The molecule has 0 unspecified atom stereocenters. The normalized spacial score (nSPS) is 10.7. The van der Waals surface area contributed by atoms with Crippen molar-refractivity contribution in [3.63, 3.8) is 0 Å². The smallest absolute Gasteiger partial charge is 0.251 e. The second kappa shape index (κ2) is 7.24. The Morgan fingerprint density at radius 2 is 1.96 bits per heavy atom. The van der Waals surface area contributed by atoms with Gasteiger partial charge in [-0.05, 0) is 30.3 Å². The Morgan fingerprint density at radius 3 is 2.74 bits per heavy atom. The maximum absolute atomic E-state index is 12.1. The topological polar surface area (TPSA) is 54.1 Å². The number of carbonyl (C=O) groups excluding carboxylic acids is 1. The molecule has 1 heterocycles. The zero-order valence-electron chi connectivity index (χ0n) is 12.8. The summed E-state index contributed by atoms with van der Waals surface area (Å²) in [6, 6.07) is 15.3. The number of rotatable bonds is 6. The van der Waals surface area contributed by atoms with Crippen molar-refractivity contribution >= 4 is 28.6 Å². The van der Waals surface area contributed by atoms with Gasteiger partial charge < -0.3 is 15.0 Å². The molecular weight excluding hydrogens is 308 g/mol. The van der Waals surface area contributed by atoms with Crippen LogP contribution >= 0.6 is 11.8 Å². The van der Waals surface area contributed by atoms with Crippen LogP contribution in [-0.4, -0.2) is 30.3 Å². The molecule has 0 saturated heterocycles. The van der Waals surface area contributed by atoms with E-state index in [2.05, 4.69) is 22.4 Å². The monoisotopic (exact) mass is 326 g/mol. The number of carbonyl (C=O) groups is 1. The summed E-state index contributed by atoms with van der Waals surface area (Å²) in [7, 11) is 1.61. The van der Waals surface area contributed by atoms with Gasteiger partial charge in [0, 0.05) is 39.9 Å². The van der Waals surface area contributed by atoms with E-state index >= 15 is 0 Å². The van der Waals surface area contributed by atoms with Crippen molar-refractivity contribution < 1.29 is 9.53 Å². The van der Waals surface area contributed by atoms with Crippen LogP contribution in [0.3, 0.4) is 0 Å². The molecule has 4 nitrogen and oxygen atoms in total. The first-order chi connectivity index (χ1) is 11.3. The van der Waals surface area contributed by atoms with Crippen molar-refractivity contribution in [3.05, 3.63) is 60.3 Å². The van der Waals surface area contributed by atoms with Crippen LogP contribution < -0.4 is 10.1 Å². The van der Waals surface area contributed by atoms with Crippen molar-refractivity contribution in [3.8, 4) is 5.75 Å². The Kier molecular flexibility index (Phi) is 4.88. The number of para-hydroxylation sites is 1. The molecule has 1 aromatic heterocycles. The second-order valence-electron chi connectivity index (χ2n) is 5.03. The minimum Gasteiger partial charge on any atom is -0.497 e. The number of methoxy groups -OCH3 is 1. The van der Waals surface area contributed by atoms with E-state index < -0.39 is 0 Å². The molecule has 118 valence electrons. The highest BCUT2D eigenvalue weighted by Crippen LogP contribution is 2.27. The number of fused-ring (bicyclic) bond motifs is 1. The number of aromatic nitrogens is 1. The van der Waals surface area contributed by atoms with Crippen LogP contribution in [0.25, 0.3) is 10.9 Å². The van der Waals surface area contributed by atoms with Gasteiger partial charge in [0.05, 0.1) is 7.11 Å². The number of nitrogens with one attached hydrogen (secondary N) is 2. The Bertz CT molecular complexity index is 796. The van der Waals surface area contributed by atoms with Gasteiger partial charge in [-0.25, -0.2) is 0 Å². The first-order valence-electron chi connectivity index (χ1n) is 7.39. The lowest BCUT2D eigenvalue weighted by atomic mass is 10.2. The standard InChI is InChI=1S/C18H18N2O2S/c1-22-14-8-6-13(7-9-14)18(21)19-10-11-23-17-12-20-16-5-3-2-4-15(16)17/h2-9,12,20H,10-11H2,1H3,(H,19,21). The third kappa shape index (κ3) is 3.68. The molecule has 0 atom stereocenters. The number of hydrogen-bond donors (Lipinski definition) is 2. The highest BCUT2D eigenvalue weighted by molar-refractivity contribution is 7.99. The van der Waals surface area contributed by atoms with Gasteiger partial charge in [0.25, 0.3) is 5.91 Å². The maximum Gasteiger partial charge on any atom is 0.251 e. The lowest BCUT2D eigenvalue weighted by Gasteiger charge is -2.06. The molecular formula is C18H18N2O2S. The van der Waals surface area contributed by atoms with Gasteiger partial charge in [-0.2, -0.15) is 0 Å². The first-order valence-corrected chi connectivity index (χ1v) is 8.37. The average molecular weight is 326 g/mol. The summed E-state index contributed by atoms with van der Waals surface area (Å²) in [5.41, 5.74) is 1.78. The summed E-state index contributed by atoms with van der Waals surface area (Å²) < 4.78 is 5.09. The van der Waals surface area contributed by atoms with Crippen molar-refractivity contribution in [1.82, 2.24) is 10.3 Å². The number of amides is 1. The molecule has 2 aromatic carbocycles. The minimum atomic E-state index is -0.0628. The number of H-pyrrole nitrogens is 1. The summed E-state index contributed by atoms with van der Waals surface area (Å²) in [5.74, 6) is 1.51. The van der Waals surface area contributed by atoms with Crippen LogP contribution in [0.2, 0.25) is 0 Å². The molecule has 0 spiro atoms. The molecule has 0 aliphatic heterocycles. The van der Waals surface area contributed by atoms with E-state index in [1.807, 2.05) is 18.3 Å². The summed E-state index contributed by atoms with van der Waals surface area (Å²) >= 11 is 1.73. The van der Waals surface area contributed by atoms with Crippen LogP contribution in [0.15, 0.2) is 59.6 Å². The zero-order chi connectivity index (χ0) is 16.1. The summed E-state index contributed by atoms with van der Waals surface area (Å²) in [5, 5.41) is 4.16. The van der Waals surface area contributed by atoms with Crippen LogP contribution in [-0.2, 0) is 0 Å². The van der Waals surface area contributed by atoms with E-state index in [-0.39, 0.29) is 5.91 Å². The SMILES string of the molecule is COc1ccc(C(=O)NCCSc2c[nH]c3ccccc23)cc1. The van der Waals surface area contributed by atoms with Gasteiger partial charge in [-0.15, -0.1) is 11.8 Å². The van der Waals surface area contributed by atoms with E-state index in [0.29, 0.717) is 12.1 Å². The lowest BCUT2D eigenvalue weighted by molar-refractivity contribution is 0.0956. The fourth-order valence-corrected chi connectivity index (χ4v) is 3.23. The van der Waals surface area contributed by atoms with Gasteiger partial charge in [-0.3, -0.25) is 4.79 Å². The molecule has 0 radical (unpaired) electrons. The van der Waals surface area contributed by atoms with Gasteiger partial charge in [0.1, 0.15) is 5.75 Å². The number of benzene rings is 2. The van der Waals surface area contributed by atoms with E-state index in [1.54, 1.807) is 43.1 Å². The molecule has 0 aliphatic rings. The third-order valence-electron chi connectivity index (χ3n) is 3.55. The van der Waals surface area contributed by atoms with Crippen LogP contribution in [0.4, 0.5) is 0 Å². The Morgan fingerprint density at radius 1 is 1.17 bits per heavy atom. The van der Waals surface area contributed by atoms with E-state index in [9.17, 15) is 4.79 Å². The highest BCUT2D eigenvalue weighted by Gasteiger charge is 2.06. The average Bonchev–Trinajstić information content (AvgIpc) is 3.02. The molecule has 2 N–H and O–H groups in total. The number of ether oxygens (including phenoxy) is 1. The lowest BCUT2D eigenvalue weighted by Crippen LogP contribution is -2.25. The molecule has 23 heavy (non-hydrogen) atoms. The Balaban J connectivity index is 1.50. The zero-order valence-corrected chi connectivity index (χ0v) is 13.7. The van der Waals surface area contributed by atoms with Gasteiger partial charge >= 0.3 is 0 Å². The van der Waals surface area contributed by atoms with Crippen molar-refractivity contribution in [2.24, 2.45) is 0 Å². The molecule has 0 bridgehead atoms. The van der Waals surface area contributed by atoms with Gasteiger partial charge in [0.2, 0.25) is 0 Å². The number of aromatic amines is 1. The van der Waals surface area contributed by atoms with Crippen LogP contribution in [0.5, 0.6) is 5.75 Å².